The van der Waals surface area contributed by atoms with E-state index in [0.29, 0.717) is 5.75 Å². The van der Waals surface area contributed by atoms with E-state index in [2.05, 4.69) is 12.6 Å². The first kappa shape index (κ1) is 9.86. The molecule has 1 fully saturated rings. The van der Waals surface area contributed by atoms with Gasteiger partial charge in [0.2, 0.25) is 5.91 Å². The number of methoxy groups -OCH3 is 1. The predicted molar refractivity (Wildman–Crippen MR) is 50.5 cm³/mol. The van der Waals surface area contributed by atoms with E-state index >= 15 is 0 Å². The van der Waals surface area contributed by atoms with Gasteiger partial charge >= 0.3 is 0 Å². The summed E-state index contributed by atoms with van der Waals surface area (Å²) in [6.45, 7) is 1.59. The summed E-state index contributed by atoms with van der Waals surface area (Å²) < 4.78 is 5.20. The molecule has 0 saturated carbocycles. The molecule has 0 aromatic rings. The standard InChI is InChI=1S/C8H15NO2S/c1-11-7-3-2-4-9(5-7)8(10)6-12/h7,12H,2-6H2,1H3. The van der Waals surface area contributed by atoms with Crippen LogP contribution in [0.15, 0.2) is 0 Å². The average Bonchev–Trinajstić information content (AvgIpc) is 2.17. The van der Waals surface area contributed by atoms with Crippen LogP contribution in [0.4, 0.5) is 0 Å². The van der Waals surface area contributed by atoms with Crippen molar-refractivity contribution in [3.8, 4) is 0 Å². The minimum Gasteiger partial charge on any atom is -0.380 e. The lowest BCUT2D eigenvalue weighted by atomic mass is 10.1. The number of rotatable bonds is 2. The summed E-state index contributed by atoms with van der Waals surface area (Å²) in [6.07, 6.45) is 2.33. The van der Waals surface area contributed by atoms with Gasteiger partial charge in [-0.15, -0.1) is 0 Å². The second kappa shape index (κ2) is 4.72. The van der Waals surface area contributed by atoms with Crippen LogP contribution < -0.4 is 0 Å². The molecule has 4 heteroatoms. The van der Waals surface area contributed by atoms with E-state index in [1.165, 1.54) is 0 Å². The van der Waals surface area contributed by atoms with E-state index < -0.39 is 0 Å². The number of thiol groups is 1. The minimum atomic E-state index is 0.111. The number of nitrogens with zero attached hydrogens (tertiary/aromatic N) is 1. The Morgan fingerprint density at radius 2 is 2.50 bits per heavy atom. The van der Waals surface area contributed by atoms with E-state index in [1.807, 2.05) is 4.90 Å². The molecule has 0 radical (unpaired) electrons. The second-order valence-electron chi connectivity index (χ2n) is 3.00. The molecule has 1 amide bonds. The van der Waals surface area contributed by atoms with Crippen molar-refractivity contribution in [1.82, 2.24) is 4.90 Å². The Hall–Kier alpha value is -0.220. The van der Waals surface area contributed by atoms with Gasteiger partial charge in [0, 0.05) is 20.2 Å². The van der Waals surface area contributed by atoms with Crippen molar-refractivity contribution in [2.45, 2.75) is 18.9 Å². The van der Waals surface area contributed by atoms with Gasteiger partial charge < -0.3 is 9.64 Å². The van der Waals surface area contributed by atoms with Gasteiger partial charge in [0.05, 0.1) is 11.9 Å². The first-order valence-electron chi connectivity index (χ1n) is 4.19. The van der Waals surface area contributed by atoms with Crippen molar-refractivity contribution in [3.63, 3.8) is 0 Å². The third kappa shape index (κ3) is 2.38. The Bertz CT molecular complexity index is 163. The molecule has 3 nitrogen and oxygen atoms in total. The SMILES string of the molecule is COC1CCCN(C(=O)CS)C1. The molecular formula is C8H15NO2S. The largest absolute Gasteiger partial charge is 0.380 e. The molecule has 1 saturated heterocycles. The molecule has 0 aliphatic carbocycles. The van der Waals surface area contributed by atoms with Crippen molar-refractivity contribution in [2.24, 2.45) is 0 Å². The molecule has 70 valence electrons. The minimum absolute atomic E-state index is 0.111. The number of hydrogen-bond acceptors (Lipinski definition) is 3. The van der Waals surface area contributed by atoms with E-state index in [0.717, 1.165) is 25.9 Å². The zero-order valence-electron chi connectivity index (χ0n) is 7.32. The van der Waals surface area contributed by atoms with Gasteiger partial charge in [0.25, 0.3) is 0 Å². The Morgan fingerprint density at radius 1 is 1.75 bits per heavy atom. The monoisotopic (exact) mass is 189 g/mol. The lowest BCUT2D eigenvalue weighted by molar-refractivity contribution is -0.131. The molecule has 1 aliphatic heterocycles. The maximum absolute atomic E-state index is 11.2. The first-order chi connectivity index (χ1) is 5.77. The topological polar surface area (TPSA) is 29.5 Å². The fraction of sp³-hybridized carbons (Fsp3) is 0.875. The van der Waals surface area contributed by atoms with Crippen LogP contribution in [0.2, 0.25) is 0 Å². The van der Waals surface area contributed by atoms with Gasteiger partial charge in [-0.05, 0) is 12.8 Å². The number of carbonyl (C=O) groups excluding carboxylic acids is 1. The number of hydrogen-bond donors (Lipinski definition) is 1. The van der Waals surface area contributed by atoms with Gasteiger partial charge in [-0.2, -0.15) is 12.6 Å². The molecule has 0 bridgehead atoms. The van der Waals surface area contributed by atoms with Crippen LogP contribution in [0.25, 0.3) is 0 Å². The third-order valence-corrected chi connectivity index (χ3v) is 2.47. The number of carbonyl (C=O) groups is 1. The summed E-state index contributed by atoms with van der Waals surface area (Å²) in [4.78, 5) is 13.0. The molecular weight excluding hydrogens is 174 g/mol. The molecule has 1 rings (SSSR count). The van der Waals surface area contributed by atoms with Crippen LogP contribution in [0.3, 0.4) is 0 Å². The summed E-state index contributed by atoms with van der Waals surface area (Å²) in [7, 11) is 1.69. The van der Waals surface area contributed by atoms with Gasteiger partial charge in [0.1, 0.15) is 0 Å². The Labute approximate surface area is 78.5 Å². The molecule has 12 heavy (non-hydrogen) atoms. The van der Waals surface area contributed by atoms with Crippen LogP contribution in [0, 0.1) is 0 Å². The molecule has 0 aromatic carbocycles. The number of amides is 1. The van der Waals surface area contributed by atoms with Crippen LogP contribution in [0.5, 0.6) is 0 Å². The van der Waals surface area contributed by atoms with Gasteiger partial charge in [-0.25, -0.2) is 0 Å². The van der Waals surface area contributed by atoms with Crippen molar-refractivity contribution in [2.75, 3.05) is 26.0 Å². The van der Waals surface area contributed by atoms with Gasteiger partial charge in [-0.3, -0.25) is 4.79 Å². The summed E-state index contributed by atoms with van der Waals surface area (Å²) in [5.41, 5.74) is 0. The molecule has 1 aliphatic rings. The number of likely N-dealkylation sites (tertiary alicyclic amines) is 1. The number of piperidine rings is 1. The van der Waals surface area contributed by atoms with E-state index in [-0.39, 0.29) is 12.0 Å². The van der Waals surface area contributed by atoms with Gasteiger partial charge in [0.15, 0.2) is 0 Å². The van der Waals surface area contributed by atoms with E-state index in [9.17, 15) is 4.79 Å². The molecule has 0 N–H and O–H groups in total. The summed E-state index contributed by atoms with van der Waals surface area (Å²) >= 11 is 3.95. The lowest BCUT2D eigenvalue weighted by Crippen LogP contribution is -2.43. The summed E-state index contributed by atoms with van der Waals surface area (Å²) in [5, 5.41) is 0. The average molecular weight is 189 g/mol. The first-order valence-corrected chi connectivity index (χ1v) is 4.82. The smallest absolute Gasteiger partial charge is 0.232 e. The summed E-state index contributed by atoms with van der Waals surface area (Å²) in [6, 6.07) is 0. The van der Waals surface area contributed by atoms with Crippen LogP contribution in [0.1, 0.15) is 12.8 Å². The Balaban J connectivity index is 2.40. The zero-order valence-corrected chi connectivity index (χ0v) is 8.22. The van der Waals surface area contributed by atoms with Crippen molar-refractivity contribution in [3.05, 3.63) is 0 Å². The van der Waals surface area contributed by atoms with Crippen LogP contribution >= 0.6 is 12.6 Å². The van der Waals surface area contributed by atoms with Crippen molar-refractivity contribution in [1.29, 1.82) is 0 Å². The Morgan fingerprint density at radius 3 is 3.08 bits per heavy atom. The second-order valence-corrected chi connectivity index (χ2v) is 3.31. The Kier molecular flexibility index (Phi) is 3.88. The molecule has 1 atom stereocenters. The molecule has 1 unspecified atom stereocenters. The zero-order chi connectivity index (χ0) is 8.97. The highest BCUT2D eigenvalue weighted by Gasteiger charge is 2.21. The number of ether oxygens (including phenoxy) is 1. The third-order valence-electron chi connectivity index (χ3n) is 2.20. The molecule has 1 heterocycles. The quantitative estimate of drug-likeness (QED) is 0.643. The highest BCUT2D eigenvalue weighted by atomic mass is 32.1. The summed E-state index contributed by atoms with van der Waals surface area (Å²) in [5.74, 6) is 0.413. The van der Waals surface area contributed by atoms with Crippen LogP contribution in [-0.4, -0.2) is 42.9 Å². The normalized spacial score (nSPS) is 24.2. The van der Waals surface area contributed by atoms with Crippen molar-refractivity contribution < 1.29 is 9.53 Å². The maximum atomic E-state index is 11.2. The van der Waals surface area contributed by atoms with E-state index in [4.69, 9.17) is 4.74 Å². The van der Waals surface area contributed by atoms with Crippen LogP contribution in [-0.2, 0) is 9.53 Å². The highest BCUT2D eigenvalue weighted by Crippen LogP contribution is 2.12. The van der Waals surface area contributed by atoms with Gasteiger partial charge in [-0.1, -0.05) is 0 Å². The highest BCUT2D eigenvalue weighted by molar-refractivity contribution is 7.81. The maximum Gasteiger partial charge on any atom is 0.232 e. The predicted octanol–water partition coefficient (Wildman–Crippen LogP) is 0.554. The van der Waals surface area contributed by atoms with E-state index in [1.54, 1.807) is 7.11 Å². The van der Waals surface area contributed by atoms with Crippen molar-refractivity contribution >= 4 is 18.5 Å². The molecule has 0 aromatic heterocycles. The molecule has 0 spiro atoms. The fourth-order valence-corrected chi connectivity index (χ4v) is 1.66. The fourth-order valence-electron chi connectivity index (χ4n) is 1.46. The lowest BCUT2D eigenvalue weighted by Gasteiger charge is -2.31.